The Balaban J connectivity index is 1.96. The maximum Gasteiger partial charge on any atom is 0.213 e. The Morgan fingerprint density at radius 1 is 1.36 bits per heavy atom. The third-order valence-electron chi connectivity index (χ3n) is 3.85. The summed E-state index contributed by atoms with van der Waals surface area (Å²) in [4.78, 5) is 14.9. The zero-order chi connectivity index (χ0) is 16.0. The number of sulfonamides is 1. The maximum absolute atomic E-state index is 11.7. The summed E-state index contributed by atoms with van der Waals surface area (Å²) in [6.07, 6.45) is 3.84. The van der Waals surface area contributed by atoms with Crippen LogP contribution in [-0.2, 0) is 10.0 Å². The molecule has 0 amide bonds. The summed E-state index contributed by atoms with van der Waals surface area (Å²) >= 11 is 1.46. The molecule has 9 heteroatoms. The van der Waals surface area contributed by atoms with Gasteiger partial charge in [0.15, 0.2) is 10.8 Å². The van der Waals surface area contributed by atoms with Gasteiger partial charge in [0.1, 0.15) is 5.82 Å². The molecular formula is C13H17N5O2S2. The number of aromatic nitrogens is 3. The van der Waals surface area contributed by atoms with E-state index in [0.717, 1.165) is 5.01 Å². The number of hydrogen-bond acceptors (Lipinski definition) is 7. The van der Waals surface area contributed by atoms with Crippen molar-refractivity contribution in [3.05, 3.63) is 23.8 Å². The zero-order valence-electron chi connectivity index (χ0n) is 12.3. The fraction of sp³-hybridized carbons (Fsp3) is 0.462. The van der Waals surface area contributed by atoms with Crippen molar-refractivity contribution in [3.63, 3.8) is 0 Å². The van der Waals surface area contributed by atoms with E-state index in [2.05, 4.69) is 15.0 Å². The first-order valence-corrected chi connectivity index (χ1v) is 9.28. The van der Waals surface area contributed by atoms with E-state index in [1.807, 2.05) is 24.1 Å². The molecule has 0 spiro atoms. The van der Waals surface area contributed by atoms with Gasteiger partial charge in [-0.2, -0.15) is 0 Å². The van der Waals surface area contributed by atoms with Crippen molar-refractivity contribution < 1.29 is 8.42 Å². The highest BCUT2D eigenvalue weighted by molar-refractivity contribution is 7.89. The molecule has 1 unspecified atom stereocenters. The summed E-state index contributed by atoms with van der Waals surface area (Å²) in [5.74, 6) is 1.23. The topological polar surface area (TPSA) is 102 Å². The van der Waals surface area contributed by atoms with E-state index >= 15 is 0 Å². The lowest BCUT2D eigenvalue weighted by atomic mass is 10.0. The molecule has 3 rings (SSSR count). The molecule has 3 heterocycles. The van der Waals surface area contributed by atoms with E-state index in [4.69, 9.17) is 5.14 Å². The van der Waals surface area contributed by atoms with Gasteiger partial charge in [0, 0.05) is 29.9 Å². The van der Waals surface area contributed by atoms with Gasteiger partial charge in [0.25, 0.3) is 0 Å². The second-order valence-electron chi connectivity index (χ2n) is 5.91. The summed E-state index contributed by atoms with van der Waals surface area (Å²) < 4.78 is 23.3. The molecule has 1 aliphatic rings. The Morgan fingerprint density at radius 2 is 2.14 bits per heavy atom. The highest BCUT2D eigenvalue weighted by Gasteiger charge is 2.43. The smallest absolute Gasteiger partial charge is 0.213 e. The van der Waals surface area contributed by atoms with Gasteiger partial charge in [-0.1, -0.05) is 0 Å². The molecule has 1 fully saturated rings. The summed E-state index contributed by atoms with van der Waals surface area (Å²) in [5, 5.41) is 7.33. The van der Waals surface area contributed by atoms with E-state index in [1.54, 1.807) is 18.5 Å². The van der Waals surface area contributed by atoms with Gasteiger partial charge in [-0.15, -0.1) is 11.3 Å². The number of thiazole rings is 1. The lowest BCUT2D eigenvalue weighted by molar-refractivity contribution is 0.510. The molecular weight excluding hydrogens is 322 g/mol. The van der Waals surface area contributed by atoms with Crippen molar-refractivity contribution in [1.82, 2.24) is 15.0 Å². The Labute approximate surface area is 133 Å². The van der Waals surface area contributed by atoms with Crippen LogP contribution in [0.5, 0.6) is 0 Å². The predicted molar refractivity (Wildman–Crippen MR) is 86.1 cm³/mol. The first-order chi connectivity index (χ1) is 10.3. The number of primary sulfonamides is 1. The highest BCUT2D eigenvalue weighted by atomic mass is 32.2. The van der Waals surface area contributed by atoms with Gasteiger partial charge >= 0.3 is 0 Å². The van der Waals surface area contributed by atoms with Crippen molar-refractivity contribution in [2.45, 2.75) is 31.1 Å². The summed E-state index contributed by atoms with van der Waals surface area (Å²) in [6, 6.07) is 1.78. The van der Waals surface area contributed by atoms with Crippen LogP contribution in [0.25, 0.3) is 10.8 Å². The number of rotatable bonds is 3. The molecule has 0 bridgehead atoms. The summed E-state index contributed by atoms with van der Waals surface area (Å²) in [5.41, 5.74) is -0.342. The van der Waals surface area contributed by atoms with Crippen LogP contribution in [0.4, 0.5) is 5.82 Å². The molecule has 22 heavy (non-hydrogen) atoms. The molecule has 2 aromatic rings. The molecule has 7 nitrogen and oxygen atoms in total. The van der Waals surface area contributed by atoms with Gasteiger partial charge in [-0.05, 0) is 26.3 Å². The van der Waals surface area contributed by atoms with E-state index in [0.29, 0.717) is 24.6 Å². The maximum atomic E-state index is 11.7. The minimum atomic E-state index is -3.56. The molecule has 1 atom stereocenters. The lowest BCUT2D eigenvalue weighted by Crippen LogP contribution is -2.39. The lowest BCUT2D eigenvalue weighted by Gasteiger charge is -2.32. The van der Waals surface area contributed by atoms with Crippen molar-refractivity contribution in [2.75, 3.05) is 11.4 Å². The molecule has 0 aromatic carbocycles. The van der Waals surface area contributed by atoms with Gasteiger partial charge < -0.3 is 4.90 Å². The van der Waals surface area contributed by atoms with Crippen LogP contribution < -0.4 is 10.0 Å². The molecule has 0 saturated carbocycles. The first-order valence-electron chi connectivity index (χ1n) is 6.79. The average Bonchev–Trinajstić information content (AvgIpc) is 3.05. The third kappa shape index (κ3) is 2.83. The second-order valence-corrected chi connectivity index (χ2v) is 8.65. The van der Waals surface area contributed by atoms with Crippen LogP contribution in [0.1, 0.15) is 20.3 Å². The van der Waals surface area contributed by atoms with Gasteiger partial charge in [-0.25, -0.2) is 28.5 Å². The Bertz CT molecular complexity index is 773. The van der Waals surface area contributed by atoms with Crippen LogP contribution in [0.15, 0.2) is 23.8 Å². The highest BCUT2D eigenvalue weighted by Crippen LogP contribution is 2.35. The first kappa shape index (κ1) is 15.3. The van der Waals surface area contributed by atoms with Gasteiger partial charge in [0.05, 0.1) is 5.25 Å². The van der Waals surface area contributed by atoms with E-state index in [-0.39, 0.29) is 5.54 Å². The van der Waals surface area contributed by atoms with E-state index in [9.17, 15) is 8.42 Å². The number of hydrogen-bond donors (Lipinski definition) is 1. The third-order valence-corrected chi connectivity index (χ3v) is 5.86. The van der Waals surface area contributed by atoms with Crippen molar-refractivity contribution in [3.8, 4) is 10.8 Å². The van der Waals surface area contributed by atoms with Crippen LogP contribution in [-0.4, -0.2) is 40.7 Å². The molecule has 1 saturated heterocycles. The normalized spacial score (nSPS) is 21.2. The van der Waals surface area contributed by atoms with Crippen LogP contribution >= 0.6 is 11.3 Å². The van der Waals surface area contributed by atoms with Crippen LogP contribution in [0.3, 0.4) is 0 Å². The van der Waals surface area contributed by atoms with Crippen molar-refractivity contribution >= 4 is 27.2 Å². The molecule has 1 aliphatic heterocycles. The fourth-order valence-corrected chi connectivity index (χ4v) is 4.32. The Kier molecular flexibility index (Phi) is 3.66. The van der Waals surface area contributed by atoms with Crippen molar-refractivity contribution in [2.24, 2.45) is 5.14 Å². The zero-order valence-corrected chi connectivity index (χ0v) is 13.9. The fourth-order valence-electron chi connectivity index (χ4n) is 2.74. The number of anilines is 1. The molecule has 0 aliphatic carbocycles. The Morgan fingerprint density at radius 3 is 2.73 bits per heavy atom. The van der Waals surface area contributed by atoms with Crippen molar-refractivity contribution in [1.29, 1.82) is 0 Å². The van der Waals surface area contributed by atoms with Crippen LogP contribution in [0.2, 0.25) is 0 Å². The largest absolute Gasteiger partial charge is 0.350 e. The average molecular weight is 339 g/mol. The van der Waals surface area contributed by atoms with Gasteiger partial charge in [0.2, 0.25) is 10.0 Å². The summed E-state index contributed by atoms with van der Waals surface area (Å²) in [6.45, 7) is 4.31. The number of nitrogens with two attached hydrogens (primary N) is 1. The van der Waals surface area contributed by atoms with E-state index < -0.39 is 15.3 Å². The van der Waals surface area contributed by atoms with Gasteiger partial charge in [-0.3, -0.25) is 0 Å². The monoisotopic (exact) mass is 339 g/mol. The van der Waals surface area contributed by atoms with Crippen LogP contribution in [0, 0.1) is 0 Å². The standard InChI is InChI=1S/C13H17N5O2S2/c1-13(2)7-9(22(14,19)20)8-18(13)10-3-4-15-11(17-10)12-16-5-6-21-12/h3-6,9H,7-8H2,1-2H3,(H2,14,19,20). The molecule has 118 valence electrons. The minimum Gasteiger partial charge on any atom is -0.350 e. The predicted octanol–water partition coefficient (Wildman–Crippen LogP) is 1.25. The molecule has 2 aromatic heterocycles. The molecule has 2 N–H and O–H groups in total. The quantitative estimate of drug-likeness (QED) is 0.903. The van der Waals surface area contributed by atoms with E-state index in [1.165, 1.54) is 11.3 Å². The second kappa shape index (κ2) is 5.25. The summed E-state index contributed by atoms with van der Waals surface area (Å²) in [7, 11) is -3.56. The minimum absolute atomic E-state index is 0.333. The SMILES string of the molecule is CC1(C)CC(S(N)(=O)=O)CN1c1ccnc(-c2nccs2)n1. The molecule has 0 radical (unpaired) electrons. The Hall–Kier alpha value is -1.58. The number of nitrogens with zero attached hydrogens (tertiary/aromatic N) is 4.